The van der Waals surface area contributed by atoms with Gasteiger partial charge < -0.3 is 9.47 Å². The van der Waals surface area contributed by atoms with Crippen molar-refractivity contribution < 1.29 is 19.1 Å². The quantitative estimate of drug-likeness (QED) is 0.643. The SMILES string of the molecule is C[C@@H]1CCOC(=O)C[C@@H]1OC(=O)C(C)(C)C. The van der Waals surface area contributed by atoms with Crippen molar-refractivity contribution >= 4 is 11.9 Å². The Bertz CT molecular complexity index is 277. The van der Waals surface area contributed by atoms with E-state index in [1.165, 1.54) is 0 Å². The molecule has 1 rings (SSSR count). The number of rotatable bonds is 1. The van der Waals surface area contributed by atoms with Crippen LogP contribution in [-0.2, 0) is 19.1 Å². The van der Waals surface area contributed by atoms with Gasteiger partial charge >= 0.3 is 11.9 Å². The van der Waals surface area contributed by atoms with Crippen molar-refractivity contribution in [2.24, 2.45) is 11.3 Å². The number of carbonyl (C=O) groups excluding carboxylic acids is 2. The van der Waals surface area contributed by atoms with E-state index in [1.54, 1.807) is 20.8 Å². The minimum atomic E-state index is -0.532. The van der Waals surface area contributed by atoms with Gasteiger partial charge in [0, 0.05) is 0 Å². The van der Waals surface area contributed by atoms with Crippen molar-refractivity contribution in [2.45, 2.75) is 46.6 Å². The van der Waals surface area contributed by atoms with Gasteiger partial charge in [0.1, 0.15) is 6.10 Å². The first-order chi connectivity index (χ1) is 7.30. The Balaban J connectivity index is 2.63. The summed E-state index contributed by atoms with van der Waals surface area (Å²) in [5.74, 6) is -0.382. The highest BCUT2D eigenvalue weighted by Gasteiger charge is 2.32. The molecule has 16 heavy (non-hydrogen) atoms. The lowest BCUT2D eigenvalue weighted by molar-refractivity contribution is -0.162. The van der Waals surface area contributed by atoms with Crippen LogP contribution < -0.4 is 0 Å². The Morgan fingerprint density at radius 3 is 2.62 bits per heavy atom. The van der Waals surface area contributed by atoms with E-state index in [-0.39, 0.29) is 30.4 Å². The zero-order chi connectivity index (χ0) is 12.3. The van der Waals surface area contributed by atoms with Crippen LogP contribution >= 0.6 is 0 Å². The fourth-order valence-corrected chi connectivity index (χ4v) is 1.44. The maximum atomic E-state index is 11.7. The number of esters is 2. The number of carbonyl (C=O) groups is 2. The Labute approximate surface area is 96.3 Å². The van der Waals surface area contributed by atoms with Crippen LogP contribution in [0.5, 0.6) is 0 Å². The number of hydrogen-bond donors (Lipinski definition) is 0. The second-order valence-corrected chi connectivity index (χ2v) is 5.38. The van der Waals surface area contributed by atoms with Crippen LogP contribution in [0.25, 0.3) is 0 Å². The summed E-state index contributed by atoms with van der Waals surface area (Å²) in [7, 11) is 0. The molecule has 0 aromatic heterocycles. The standard InChI is InChI=1S/C12H20O4/c1-8-5-6-15-10(13)7-9(8)16-11(14)12(2,3)4/h8-9H,5-7H2,1-4H3/t8-,9+/m1/s1. The number of ether oxygens (including phenoxy) is 2. The van der Waals surface area contributed by atoms with Gasteiger partial charge in [-0.2, -0.15) is 0 Å². The predicted molar refractivity (Wildman–Crippen MR) is 58.7 cm³/mol. The molecule has 1 fully saturated rings. The monoisotopic (exact) mass is 228 g/mol. The van der Waals surface area contributed by atoms with Crippen LogP contribution in [0.4, 0.5) is 0 Å². The topological polar surface area (TPSA) is 52.6 Å². The van der Waals surface area contributed by atoms with Crippen LogP contribution in [0.15, 0.2) is 0 Å². The highest BCUT2D eigenvalue weighted by Crippen LogP contribution is 2.24. The lowest BCUT2D eigenvalue weighted by Crippen LogP contribution is -2.32. The largest absolute Gasteiger partial charge is 0.466 e. The van der Waals surface area contributed by atoms with Gasteiger partial charge in [-0.3, -0.25) is 9.59 Å². The van der Waals surface area contributed by atoms with Gasteiger partial charge in [0.2, 0.25) is 0 Å². The Hall–Kier alpha value is -1.06. The second-order valence-electron chi connectivity index (χ2n) is 5.38. The molecule has 0 N–H and O–H groups in total. The van der Waals surface area contributed by atoms with Crippen LogP contribution in [-0.4, -0.2) is 24.6 Å². The number of cyclic esters (lactones) is 1. The van der Waals surface area contributed by atoms with Crippen molar-refractivity contribution in [3.05, 3.63) is 0 Å². The Morgan fingerprint density at radius 2 is 2.06 bits per heavy atom. The first-order valence-electron chi connectivity index (χ1n) is 5.67. The zero-order valence-corrected chi connectivity index (χ0v) is 10.4. The van der Waals surface area contributed by atoms with Crippen molar-refractivity contribution in [2.75, 3.05) is 6.61 Å². The molecule has 0 amide bonds. The first-order valence-corrected chi connectivity index (χ1v) is 5.67. The van der Waals surface area contributed by atoms with Crippen molar-refractivity contribution in [1.82, 2.24) is 0 Å². The van der Waals surface area contributed by atoms with Gasteiger partial charge in [0.05, 0.1) is 18.4 Å². The molecule has 92 valence electrons. The molecular formula is C12H20O4. The third kappa shape index (κ3) is 3.51. The maximum Gasteiger partial charge on any atom is 0.311 e. The lowest BCUT2D eigenvalue weighted by atomic mass is 9.95. The van der Waals surface area contributed by atoms with Crippen LogP contribution in [0.1, 0.15) is 40.5 Å². The van der Waals surface area contributed by atoms with E-state index in [2.05, 4.69) is 0 Å². The first kappa shape index (κ1) is 13.0. The smallest absolute Gasteiger partial charge is 0.311 e. The van der Waals surface area contributed by atoms with Gasteiger partial charge in [0.25, 0.3) is 0 Å². The summed E-state index contributed by atoms with van der Waals surface area (Å²) < 4.78 is 10.3. The van der Waals surface area contributed by atoms with Crippen molar-refractivity contribution in [3.8, 4) is 0 Å². The summed E-state index contributed by atoms with van der Waals surface area (Å²) in [4.78, 5) is 23.0. The predicted octanol–water partition coefficient (Wildman–Crippen LogP) is 1.92. The molecule has 1 aliphatic heterocycles. The third-order valence-corrected chi connectivity index (χ3v) is 2.71. The van der Waals surface area contributed by atoms with Gasteiger partial charge in [-0.05, 0) is 33.1 Å². The van der Waals surface area contributed by atoms with Crippen LogP contribution in [0.3, 0.4) is 0 Å². The fraction of sp³-hybridized carbons (Fsp3) is 0.833. The second kappa shape index (κ2) is 4.85. The average Bonchev–Trinajstić information content (AvgIpc) is 2.28. The van der Waals surface area contributed by atoms with Crippen molar-refractivity contribution in [1.29, 1.82) is 0 Å². The highest BCUT2D eigenvalue weighted by molar-refractivity contribution is 5.76. The summed E-state index contributed by atoms with van der Waals surface area (Å²) >= 11 is 0. The van der Waals surface area contributed by atoms with E-state index < -0.39 is 5.41 Å². The molecule has 1 saturated heterocycles. The van der Waals surface area contributed by atoms with Gasteiger partial charge in [-0.25, -0.2) is 0 Å². The molecule has 4 nitrogen and oxygen atoms in total. The van der Waals surface area contributed by atoms with Crippen LogP contribution in [0.2, 0.25) is 0 Å². The Morgan fingerprint density at radius 1 is 1.44 bits per heavy atom. The minimum Gasteiger partial charge on any atom is -0.466 e. The molecule has 0 radical (unpaired) electrons. The van der Waals surface area contributed by atoms with E-state index in [4.69, 9.17) is 9.47 Å². The molecule has 0 aromatic carbocycles. The normalized spacial score (nSPS) is 26.9. The molecule has 0 saturated carbocycles. The van der Waals surface area contributed by atoms with E-state index in [9.17, 15) is 9.59 Å². The van der Waals surface area contributed by atoms with E-state index in [0.29, 0.717) is 6.61 Å². The zero-order valence-electron chi connectivity index (χ0n) is 10.4. The molecule has 0 bridgehead atoms. The van der Waals surface area contributed by atoms with E-state index in [0.717, 1.165) is 6.42 Å². The molecule has 0 unspecified atom stereocenters. The molecule has 0 spiro atoms. The molecule has 4 heteroatoms. The van der Waals surface area contributed by atoms with Gasteiger partial charge in [-0.1, -0.05) is 6.92 Å². The van der Waals surface area contributed by atoms with Gasteiger partial charge in [0.15, 0.2) is 0 Å². The van der Waals surface area contributed by atoms with Crippen LogP contribution in [0, 0.1) is 11.3 Å². The van der Waals surface area contributed by atoms with Gasteiger partial charge in [-0.15, -0.1) is 0 Å². The molecule has 2 atom stereocenters. The summed E-state index contributed by atoms with van der Waals surface area (Å²) in [6, 6.07) is 0. The Kier molecular flexibility index (Phi) is 3.94. The summed E-state index contributed by atoms with van der Waals surface area (Å²) in [6.45, 7) is 7.80. The van der Waals surface area contributed by atoms with E-state index in [1.807, 2.05) is 6.92 Å². The molecule has 1 aliphatic rings. The highest BCUT2D eigenvalue weighted by atomic mass is 16.6. The molecule has 0 aromatic rings. The lowest BCUT2D eigenvalue weighted by Gasteiger charge is -2.24. The van der Waals surface area contributed by atoms with Crippen molar-refractivity contribution in [3.63, 3.8) is 0 Å². The summed E-state index contributed by atoms with van der Waals surface area (Å²) in [5.41, 5.74) is -0.532. The minimum absolute atomic E-state index is 0.165. The molecule has 0 aliphatic carbocycles. The third-order valence-electron chi connectivity index (χ3n) is 2.71. The van der Waals surface area contributed by atoms with E-state index >= 15 is 0 Å². The summed E-state index contributed by atoms with van der Waals surface area (Å²) in [5, 5.41) is 0. The fourth-order valence-electron chi connectivity index (χ4n) is 1.44. The molecule has 1 heterocycles. The summed E-state index contributed by atoms with van der Waals surface area (Å²) in [6.07, 6.45) is 0.568. The maximum absolute atomic E-state index is 11.7. The average molecular weight is 228 g/mol. The number of hydrogen-bond acceptors (Lipinski definition) is 4. The molecular weight excluding hydrogens is 208 g/mol.